The largest absolute Gasteiger partial charge is 0.466 e. The minimum atomic E-state index is -1.05. The molecule has 0 radical (unpaired) electrons. The van der Waals surface area contributed by atoms with Crippen LogP contribution in [0, 0.1) is 11.8 Å². The molecule has 0 saturated carbocycles. The average molecular weight is 479 g/mol. The number of nitrogens with one attached hydrogen (secondary N) is 1. The van der Waals surface area contributed by atoms with E-state index in [1.807, 2.05) is 0 Å². The zero-order chi connectivity index (χ0) is 23.6. The van der Waals surface area contributed by atoms with Gasteiger partial charge >= 0.3 is 5.97 Å². The molecular weight excluding hydrogens is 448 g/mol. The number of esters is 1. The van der Waals surface area contributed by atoms with E-state index in [1.54, 1.807) is 36.1 Å². The van der Waals surface area contributed by atoms with Gasteiger partial charge in [-0.25, -0.2) is 0 Å². The van der Waals surface area contributed by atoms with Crippen molar-refractivity contribution in [1.29, 1.82) is 0 Å². The van der Waals surface area contributed by atoms with Gasteiger partial charge in [0.1, 0.15) is 11.6 Å². The Morgan fingerprint density at radius 2 is 2.03 bits per heavy atom. The highest BCUT2D eigenvalue weighted by molar-refractivity contribution is 6.33. The van der Waals surface area contributed by atoms with E-state index < -0.39 is 35.6 Å². The van der Waals surface area contributed by atoms with Crippen molar-refractivity contribution in [3.05, 3.63) is 29.3 Å². The summed E-state index contributed by atoms with van der Waals surface area (Å²) in [6, 6.07) is 6.09. The second-order valence-corrected chi connectivity index (χ2v) is 9.35. The Labute approximate surface area is 198 Å². The maximum Gasteiger partial charge on any atom is 0.312 e. The van der Waals surface area contributed by atoms with E-state index in [0.717, 1.165) is 12.8 Å². The summed E-state index contributed by atoms with van der Waals surface area (Å²) in [5.41, 5.74) is -0.579. The number of anilines is 1. The molecule has 0 aliphatic carbocycles. The average Bonchev–Trinajstić information content (AvgIpc) is 3.43. The SMILES string of the molecule is CCOC(=O)[C@@H]1[C@@H]2CCC3(O2)C(C(=O)Nc2ccccc2Cl)N(CCCCCCO)C(=O)[C@H]13. The number of rotatable bonds is 10. The number of amides is 2. The van der Waals surface area contributed by atoms with Gasteiger partial charge in [0.25, 0.3) is 0 Å². The van der Waals surface area contributed by atoms with Gasteiger partial charge in [0.05, 0.1) is 35.3 Å². The van der Waals surface area contributed by atoms with Crippen molar-refractivity contribution < 1.29 is 29.0 Å². The second kappa shape index (κ2) is 9.99. The molecule has 3 heterocycles. The molecule has 3 fully saturated rings. The highest BCUT2D eigenvalue weighted by atomic mass is 35.5. The number of fused-ring (bicyclic) bond motifs is 1. The van der Waals surface area contributed by atoms with Gasteiger partial charge in [-0.1, -0.05) is 36.6 Å². The molecule has 1 aromatic carbocycles. The molecular formula is C24H31ClN2O6. The third kappa shape index (κ3) is 4.24. The van der Waals surface area contributed by atoms with Crippen molar-refractivity contribution in [1.82, 2.24) is 4.90 Å². The van der Waals surface area contributed by atoms with Gasteiger partial charge < -0.3 is 24.8 Å². The minimum absolute atomic E-state index is 0.132. The van der Waals surface area contributed by atoms with Crippen molar-refractivity contribution in [3.8, 4) is 0 Å². The summed E-state index contributed by atoms with van der Waals surface area (Å²) < 4.78 is 11.6. The van der Waals surface area contributed by atoms with Gasteiger partial charge in [-0.2, -0.15) is 0 Å². The fourth-order valence-electron chi connectivity index (χ4n) is 5.71. The smallest absolute Gasteiger partial charge is 0.312 e. The monoisotopic (exact) mass is 478 g/mol. The van der Waals surface area contributed by atoms with Crippen LogP contribution in [0.1, 0.15) is 45.4 Å². The topological polar surface area (TPSA) is 105 Å². The zero-order valence-electron chi connectivity index (χ0n) is 18.8. The normalized spacial score (nSPS) is 29.9. The molecule has 5 atom stereocenters. The first kappa shape index (κ1) is 24.0. The van der Waals surface area contributed by atoms with Crippen molar-refractivity contribution in [3.63, 3.8) is 0 Å². The molecule has 2 unspecified atom stereocenters. The number of ether oxygens (including phenoxy) is 2. The fourth-order valence-corrected chi connectivity index (χ4v) is 5.89. The Hall–Kier alpha value is -2.16. The number of nitrogens with zero attached hydrogens (tertiary/aromatic N) is 1. The van der Waals surface area contributed by atoms with Crippen molar-refractivity contribution in [2.24, 2.45) is 11.8 Å². The maximum atomic E-state index is 13.6. The molecule has 3 aliphatic rings. The van der Waals surface area contributed by atoms with Gasteiger partial charge in [0.15, 0.2) is 0 Å². The summed E-state index contributed by atoms with van der Waals surface area (Å²) in [4.78, 5) is 41.6. The number of halogens is 1. The van der Waals surface area contributed by atoms with Crippen LogP contribution in [0.2, 0.25) is 5.02 Å². The molecule has 2 amide bonds. The Balaban J connectivity index is 1.62. The highest BCUT2D eigenvalue weighted by Gasteiger charge is 2.74. The lowest BCUT2D eigenvalue weighted by molar-refractivity contribution is -0.154. The van der Waals surface area contributed by atoms with Crippen LogP contribution in [0.15, 0.2) is 24.3 Å². The van der Waals surface area contributed by atoms with Gasteiger partial charge in [-0.3, -0.25) is 14.4 Å². The number of aliphatic hydroxyl groups excluding tert-OH is 1. The number of hydrogen-bond donors (Lipinski definition) is 2. The predicted molar refractivity (Wildman–Crippen MR) is 122 cm³/mol. The molecule has 0 aromatic heterocycles. The quantitative estimate of drug-likeness (QED) is 0.395. The fraction of sp³-hybridized carbons (Fsp3) is 0.625. The number of para-hydroxylation sites is 1. The molecule has 2 bridgehead atoms. The molecule has 33 heavy (non-hydrogen) atoms. The minimum Gasteiger partial charge on any atom is -0.466 e. The highest BCUT2D eigenvalue weighted by Crippen LogP contribution is 2.58. The van der Waals surface area contributed by atoms with E-state index in [-0.39, 0.29) is 25.0 Å². The van der Waals surface area contributed by atoms with Crippen LogP contribution in [-0.4, -0.2) is 65.3 Å². The van der Waals surface area contributed by atoms with Crippen LogP contribution in [0.25, 0.3) is 0 Å². The van der Waals surface area contributed by atoms with E-state index in [9.17, 15) is 14.4 Å². The molecule has 3 saturated heterocycles. The number of carbonyl (C=O) groups is 3. The Morgan fingerprint density at radius 3 is 2.76 bits per heavy atom. The first-order valence-electron chi connectivity index (χ1n) is 11.8. The lowest BCUT2D eigenvalue weighted by atomic mass is 9.71. The number of likely N-dealkylation sites (tertiary alicyclic amines) is 1. The third-order valence-electron chi connectivity index (χ3n) is 7.05. The zero-order valence-corrected chi connectivity index (χ0v) is 19.6. The summed E-state index contributed by atoms with van der Waals surface area (Å²) in [7, 11) is 0. The summed E-state index contributed by atoms with van der Waals surface area (Å²) in [5.74, 6) is -2.44. The Bertz CT molecular complexity index is 911. The van der Waals surface area contributed by atoms with Crippen LogP contribution >= 0.6 is 11.6 Å². The molecule has 3 aliphatic heterocycles. The van der Waals surface area contributed by atoms with Gasteiger partial charge in [0.2, 0.25) is 11.8 Å². The summed E-state index contributed by atoms with van der Waals surface area (Å²) in [6.45, 7) is 2.47. The van der Waals surface area contributed by atoms with E-state index in [4.69, 9.17) is 26.2 Å². The van der Waals surface area contributed by atoms with E-state index in [2.05, 4.69) is 5.32 Å². The maximum absolute atomic E-state index is 13.6. The van der Waals surface area contributed by atoms with Crippen molar-refractivity contribution in [2.45, 2.75) is 63.2 Å². The first-order chi connectivity index (χ1) is 15.9. The lowest BCUT2D eigenvalue weighted by Crippen LogP contribution is -2.53. The van der Waals surface area contributed by atoms with Gasteiger partial charge in [0, 0.05) is 13.2 Å². The molecule has 2 N–H and O–H groups in total. The van der Waals surface area contributed by atoms with Crippen molar-refractivity contribution in [2.75, 3.05) is 25.1 Å². The van der Waals surface area contributed by atoms with Crippen LogP contribution in [0.5, 0.6) is 0 Å². The molecule has 1 aromatic rings. The molecule has 4 rings (SSSR count). The second-order valence-electron chi connectivity index (χ2n) is 8.95. The summed E-state index contributed by atoms with van der Waals surface area (Å²) in [5, 5.41) is 12.3. The van der Waals surface area contributed by atoms with E-state index in [0.29, 0.717) is 42.9 Å². The third-order valence-corrected chi connectivity index (χ3v) is 7.38. The van der Waals surface area contributed by atoms with E-state index in [1.165, 1.54) is 0 Å². The van der Waals surface area contributed by atoms with Gasteiger partial charge in [-0.15, -0.1) is 0 Å². The van der Waals surface area contributed by atoms with Crippen LogP contribution in [-0.2, 0) is 23.9 Å². The number of aliphatic hydroxyl groups is 1. The number of unbranched alkanes of at least 4 members (excludes halogenated alkanes) is 3. The van der Waals surface area contributed by atoms with E-state index >= 15 is 0 Å². The molecule has 9 heteroatoms. The van der Waals surface area contributed by atoms with Crippen molar-refractivity contribution >= 4 is 35.1 Å². The Kier molecular flexibility index (Phi) is 7.26. The number of hydrogen-bond acceptors (Lipinski definition) is 6. The van der Waals surface area contributed by atoms with Crippen LogP contribution < -0.4 is 5.32 Å². The standard InChI is InChI=1S/C24H31ClN2O6/c1-2-32-23(31)18-17-11-12-24(33-17)19(18)22(30)27(13-7-3-4-8-14-28)20(24)21(29)26-16-10-6-5-9-15(16)25/h5-6,9-10,17-20,28H,2-4,7-8,11-14H2,1H3,(H,26,29)/t17-,18+,19-,20?,24?/m0/s1. The number of carbonyl (C=O) groups excluding carboxylic acids is 3. The first-order valence-corrected chi connectivity index (χ1v) is 12.1. The van der Waals surface area contributed by atoms with Crippen LogP contribution in [0.3, 0.4) is 0 Å². The lowest BCUT2D eigenvalue weighted by Gasteiger charge is -2.33. The number of benzene rings is 1. The predicted octanol–water partition coefficient (Wildman–Crippen LogP) is 2.77. The van der Waals surface area contributed by atoms with Crippen LogP contribution in [0.4, 0.5) is 5.69 Å². The summed E-state index contributed by atoms with van der Waals surface area (Å²) in [6.07, 6.45) is 3.78. The summed E-state index contributed by atoms with van der Waals surface area (Å²) >= 11 is 6.25. The Morgan fingerprint density at radius 1 is 1.27 bits per heavy atom. The molecule has 1 spiro atoms. The van der Waals surface area contributed by atoms with Gasteiger partial charge in [-0.05, 0) is 44.7 Å². The molecule has 180 valence electrons. The molecule has 8 nitrogen and oxygen atoms in total.